The van der Waals surface area contributed by atoms with Gasteiger partial charge in [0.2, 0.25) is 15.9 Å². The maximum Gasteiger partial charge on any atom is 0.305 e. The Bertz CT molecular complexity index is 434. The number of carboxylic acids is 1. The van der Waals surface area contributed by atoms with Gasteiger partial charge in [-0.25, -0.2) is 8.42 Å². The summed E-state index contributed by atoms with van der Waals surface area (Å²) < 4.78 is 25.0. The molecule has 1 atom stereocenters. The first-order valence-electron chi connectivity index (χ1n) is 6.37. The van der Waals surface area contributed by atoms with Crippen molar-refractivity contribution in [3.8, 4) is 0 Å². The highest BCUT2D eigenvalue weighted by molar-refractivity contribution is 7.89. The third kappa shape index (κ3) is 4.46. The fraction of sp³-hybridized carbons (Fsp3) is 0.818. The summed E-state index contributed by atoms with van der Waals surface area (Å²) in [5.41, 5.74) is 0. The monoisotopic (exact) mass is 292 g/mol. The zero-order chi connectivity index (χ0) is 14.5. The maximum absolute atomic E-state index is 11.9. The van der Waals surface area contributed by atoms with Crippen LogP contribution in [0.2, 0.25) is 0 Å². The van der Waals surface area contributed by atoms with Crippen LogP contribution in [0.4, 0.5) is 0 Å². The van der Waals surface area contributed by atoms with Gasteiger partial charge in [-0.05, 0) is 19.8 Å². The lowest BCUT2D eigenvalue weighted by Gasteiger charge is -2.33. The highest BCUT2D eigenvalue weighted by Crippen LogP contribution is 2.20. The molecule has 19 heavy (non-hydrogen) atoms. The van der Waals surface area contributed by atoms with Crippen LogP contribution in [0.3, 0.4) is 0 Å². The number of carbonyl (C=O) groups excluding carboxylic acids is 1. The molecule has 1 amide bonds. The summed E-state index contributed by atoms with van der Waals surface area (Å²) in [4.78, 5) is 22.3. The molecule has 1 saturated heterocycles. The van der Waals surface area contributed by atoms with Crippen molar-refractivity contribution in [1.82, 2.24) is 9.62 Å². The molecule has 1 aliphatic heterocycles. The summed E-state index contributed by atoms with van der Waals surface area (Å²) in [6.07, 6.45) is 1.86. The van der Waals surface area contributed by atoms with Crippen LogP contribution in [-0.4, -0.2) is 54.6 Å². The summed E-state index contributed by atoms with van der Waals surface area (Å²) >= 11 is 0. The van der Waals surface area contributed by atoms with E-state index in [0.29, 0.717) is 13.0 Å². The van der Waals surface area contributed by atoms with Gasteiger partial charge in [0.15, 0.2) is 0 Å². The van der Waals surface area contributed by atoms with Crippen molar-refractivity contribution in [1.29, 1.82) is 0 Å². The smallest absolute Gasteiger partial charge is 0.305 e. The van der Waals surface area contributed by atoms with Gasteiger partial charge >= 0.3 is 5.97 Å². The molecule has 0 bridgehead atoms. The second kappa shape index (κ2) is 6.85. The summed E-state index contributed by atoms with van der Waals surface area (Å²) in [7, 11) is -3.40. The van der Waals surface area contributed by atoms with E-state index in [4.69, 9.17) is 5.11 Å². The van der Waals surface area contributed by atoms with Gasteiger partial charge in [-0.15, -0.1) is 0 Å². The molecule has 0 saturated carbocycles. The molecular weight excluding hydrogens is 272 g/mol. The minimum Gasteiger partial charge on any atom is -0.481 e. The van der Waals surface area contributed by atoms with Gasteiger partial charge in [-0.3, -0.25) is 9.59 Å². The molecule has 2 N–H and O–H groups in total. The second-order valence-electron chi connectivity index (χ2n) is 4.46. The number of nitrogens with one attached hydrogen (secondary N) is 1. The van der Waals surface area contributed by atoms with Crippen LogP contribution in [0.1, 0.15) is 32.6 Å². The molecule has 1 rings (SSSR count). The number of piperidine rings is 1. The van der Waals surface area contributed by atoms with E-state index in [0.717, 1.165) is 12.8 Å². The van der Waals surface area contributed by atoms with E-state index in [1.165, 1.54) is 4.31 Å². The molecule has 1 aliphatic rings. The van der Waals surface area contributed by atoms with E-state index in [-0.39, 0.29) is 18.7 Å². The Balaban J connectivity index is 2.66. The molecule has 110 valence electrons. The van der Waals surface area contributed by atoms with E-state index in [1.54, 1.807) is 6.92 Å². The van der Waals surface area contributed by atoms with Crippen LogP contribution in [0.5, 0.6) is 0 Å². The molecule has 0 aliphatic carbocycles. The zero-order valence-corrected chi connectivity index (χ0v) is 11.8. The number of hydrogen-bond acceptors (Lipinski definition) is 4. The fourth-order valence-electron chi connectivity index (χ4n) is 2.08. The van der Waals surface area contributed by atoms with Crippen molar-refractivity contribution in [3.05, 3.63) is 0 Å². The van der Waals surface area contributed by atoms with Crippen LogP contribution in [0.15, 0.2) is 0 Å². The molecule has 1 fully saturated rings. The van der Waals surface area contributed by atoms with Crippen LogP contribution in [-0.2, 0) is 19.6 Å². The molecular formula is C11H20N2O5S. The number of aliphatic carboxylic acids is 1. The molecule has 0 aromatic rings. The lowest BCUT2D eigenvalue weighted by atomic mass is 10.0. The maximum atomic E-state index is 11.9. The molecule has 7 nitrogen and oxygen atoms in total. The third-order valence-electron chi connectivity index (χ3n) is 3.12. The van der Waals surface area contributed by atoms with Crippen LogP contribution in [0, 0.1) is 0 Å². The first-order valence-corrected chi connectivity index (χ1v) is 7.98. The van der Waals surface area contributed by atoms with Crippen molar-refractivity contribution in [2.75, 3.05) is 18.8 Å². The first-order chi connectivity index (χ1) is 8.88. The molecule has 0 aromatic heterocycles. The Labute approximate surface area is 113 Å². The molecule has 1 unspecified atom stereocenters. The third-order valence-corrected chi connectivity index (χ3v) is 5.00. The highest BCUT2D eigenvalue weighted by Gasteiger charge is 2.35. The van der Waals surface area contributed by atoms with E-state index in [9.17, 15) is 18.0 Å². The minimum absolute atomic E-state index is 0.0185. The number of rotatable bonds is 6. The molecule has 0 radical (unpaired) electrons. The van der Waals surface area contributed by atoms with Crippen molar-refractivity contribution in [2.24, 2.45) is 0 Å². The quantitative estimate of drug-likeness (QED) is 0.704. The van der Waals surface area contributed by atoms with Crippen molar-refractivity contribution in [3.63, 3.8) is 0 Å². The second-order valence-corrected chi connectivity index (χ2v) is 6.67. The van der Waals surface area contributed by atoms with Crippen molar-refractivity contribution < 1.29 is 23.1 Å². The van der Waals surface area contributed by atoms with Gasteiger partial charge in [-0.1, -0.05) is 6.42 Å². The number of nitrogens with zero attached hydrogens (tertiary/aromatic N) is 1. The normalized spacial score (nSPS) is 21.0. The fourth-order valence-corrected chi connectivity index (χ4v) is 3.40. The summed E-state index contributed by atoms with van der Waals surface area (Å²) in [5, 5.41) is 11.0. The Kier molecular flexibility index (Phi) is 5.74. The Morgan fingerprint density at radius 3 is 2.63 bits per heavy atom. The minimum atomic E-state index is -3.40. The molecule has 0 spiro atoms. The Hall–Kier alpha value is -1.15. The largest absolute Gasteiger partial charge is 0.481 e. The van der Waals surface area contributed by atoms with Crippen LogP contribution < -0.4 is 5.32 Å². The number of carboxylic acid groups (broad SMARTS) is 1. The molecule has 0 aromatic carbocycles. The average molecular weight is 292 g/mol. The van der Waals surface area contributed by atoms with E-state index >= 15 is 0 Å². The van der Waals surface area contributed by atoms with Gasteiger partial charge in [0.05, 0.1) is 12.2 Å². The highest BCUT2D eigenvalue weighted by atomic mass is 32.2. The Morgan fingerprint density at radius 1 is 1.37 bits per heavy atom. The standard InChI is InChI=1S/C11H20N2O5S/c1-2-19(17,18)13-8-4-3-5-9(13)11(16)12-7-6-10(14)15/h9H,2-8H2,1H3,(H,12,16)(H,14,15). The van der Waals surface area contributed by atoms with Gasteiger partial charge in [0, 0.05) is 13.1 Å². The van der Waals surface area contributed by atoms with Crippen LogP contribution >= 0.6 is 0 Å². The van der Waals surface area contributed by atoms with E-state index in [2.05, 4.69) is 5.32 Å². The van der Waals surface area contributed by atoms with Crippen LogP contribution in [0.25, 0.3) is 0 Å². The predicted octanol–water partition coefficient (Wildman–Crippen LogP) is -0.218. The van der Waals surface area contributed by atoms with Gasteiger partial charge in [0.25, 0.3) is 0 Å². The number of amides is 1. The lowest BCUT2D eigenvalue weighted by molar-refractivity contribution is -0.137. The van der Waals surface area contributed by atoms with Gasteiger partial charge in [-0.2, -0.15) is 4.31 Å². The van der Waals surface area contributed by atoms with Gasteiger partial charge < -0.3 is 10.4 Å². The Morgan fingerprint density at radius 2 is 2.05 bits per heavy atom. The zero-order valence-electron chi connectivity index (χ0n) is 11.0. The number of hydrogen-bond donors (Lipinski definition) is 2. The topological polar surface area (TPSA) is 104 Å². The number of sulfonamides is 1. The van der Waals surface area contributed by atoms with E-state index in [1.807, 2.05) is 0 Å². The number of carbonyl (C=O) groups is 2. The molecule has 8 heteroatoms. The predicted molar refractivity (Wildman–Crippen MR) is 69.1 cm³/mol. The summed E-state index contributed by atoms with van der Waals surface area (Å²) in [6.45, 7) is 1.92. The van der Waals surface area contributed by atoms with E-state index < -0.39 is 27.9 Å². The lowest BCUT2D eigenvalue weighted by Crippen LogP contribution is -2.52. The first kappa shape index (κ1) is 15.9. The summed E-state index contributed by atoms with van der Waals surface area (Å²) in [5.74, 6) is -1.44. The average Bonchev–Trinajstić information content (AvgIpc) is 2.38. The summed E-state index contributed by atoms with van der Waals surface area (Å²) in [6, 6.07) is -0.701. The van der Waals surface area contributed by atoms with Gasteiger partial charge in [0.1, 0.15) is 6.04 Å². The SMILES string of the molecule is CCS(=O)(=O)N1CCCCC1C(=O)NCCC(=O)O. The van der Waals surface area contributed by atoms with Crippen molar-refractivity contribution in [2.45, 2.75) is 38.6 Å². The molecule has 1 heterocycles. The van der Waals surface area contributed by atoms with Crippen molar-refractivity contribution >= 4 is 21.9 Å².